The summed E-state index contributed by atoms with van der Waals surface area (Å²) in [5.74, 6) is 0. The minimum Gasteiger partial charge on any atom is -0.674 e. The number of rotatable bonds is 8. The van der Waals surface area contributed by atoms with Crippen LogP contribution in [-0.2, 0) is 54.0 Å². The number of hydrogen-bond donors (Lipinski definition) is 9. The molecule has 1 aliphatic rings. The van der Waals surface area contributed by atoms with Crippen molar-refractivity contribution in [3.63, 3.8) is 0 Å². The van der Waals surface area contributed by atoms with Crippen LogP contribution < -0.4 is 0 Å². The Labute approximate surface area is 152 Å². The van der Waals surface area contributed by atoms with Gasteiger partial charge in [-0.2, -0.15) is 0 Å². The van der Waals surface area contributed by atoms with E-state index in [1.165, 1.54) is 0 Å². The van der Waals surface area contributed by atoms with Crippen molar-refractivity contribution in [3.05, 3.63) is 0 Å². The summed E-state index contributed by atoms with van der Waals surface area (Å²) in [4.78, 5) is 79.4. The average molecular weight is 522 g/mol. The number of hydrogen-bond acceptors (Lipinski definition) is 12. The third kappa shape index (κ3) is 9.63. The van der Waals surface area contributed by atoms with E-state index >= 15 is 0 Å². The molecule has 1 heterocycles. The Kier molecular flexibility index (Phi) is 7.58. The maximum absolute atomic E-state index is 11.7. The molecule has 0 bridgehead atoms. The van der Waals surface area contributed by atoms with Crippen LogP contribution in [0.5, 0.6) is 0 Å². The molecule has 0 aromatic rings. The summed E-state index contributed by atoms with van der Waals surface area (Å²) in [5.41, 5.74) is 0. The van der Waals surface area contributed by atoms with Gasteiger partial charge in [-0.1, -0.05) is 0 Å². The van der Waals surface area contributed by atoms with E-state index in [9.17, 15) is 27.7 Å². The topological polar surface area (TPSA) is 332 Å². The fourth-order valence-corrected chi connectivity index (χ4v) is 4.76. The molecular weight excluding hydrogens is 512 g/mol. The summed E-state index contributed by atoms with van der Waals surface area (Å²) in [6, 6.07) is 0. The van der Waals surface area contributed by atoms with Gasteiger partial charge >= 0.3 is 53.0 Å². The predicted molar refractivity (Wildman–Crippen MR) is 77.1 cm³/mol. The quantitative estimate of drug-likeness (QED) is 0.117. The summed E-state index contributed by atoms with van der Waals surface area (Å²) >= 11 is 0. The Morgan fingerprint density at radius 2 is 0.821 bits per heavy atom. The highest BCUT2D eigenvalue weighted by atomic mass is 31.2. The Bertz CT molecular complexity index is 691. The van der Waals surface area contributed by atoms with Crippen molar-refractivity contribution < 1.29 is 98.1 Å². The molecule has 1 saturated heterocycles. The monoisotopic (exact) mass is 522 g/mol. The van der Waals surface area contributed by atoms with Crippen molar-refractivity contribution in [2.75, 3.05) is 0 Å². The maximum atomic E-state index is 11.7. The van der Waals surface area contributed by atoms with Gasteiger partial charge in [0.15, 0.2) is 0 Å². The summed E-state index contributed by atoms with van der Waals surface area (Å²) in [5, 5.41) is 0. The average Bonchev–Trinajstić information content (AvgIpc) is 2.10. The molecule has 0 saturated carbocycles. The SMILES string of the molecule is O=P(O)(O)O[B-]1(OP(=O)(O)O)O[B-](OP(=O)(O)O)(OP(=O)(O)O)OP(=O)(O)O1. The van der Waals surface area contributed by atoms with Crippen LogP contribution in [-0.4, -0.2) is 58.0 Å². The fraction of sp³-hybridized carbons (Fsp3) is 0. The zero-order chi connectivity index (χ0) is 22.4. The number of phosphoric acid groups is 5. The summed E-state index contributed by atoms with van der Waals surface area (Å²) in [6.07, 6.45) is 0. The van der Waals surface area contributed by atoms with E-state index in [-0.39, 0.29) is 0 Å². The minimum atomic E-state index is -6.12. The summed E-state index contributed by atoms with van der Waals surface area (Å²) in [6.45, 7) is -10.9. The van der Waals surface area contributed by atoms with Crippen LogP contribution >= 0.6 is 39.1 Å². The maximum Gasteiger partial charge on any atom is 0.517 e. The molecule has 28 heavy (non-hydrogen) atoms. The highest BCUT2D eigenvalue weighted by Crippen LogP contribution is 2.63. The standard InChI is InChI=1S/B2H9O21P5/c3-24(4,5)18-1(19-25(6,7)8)17-2(20-26(9,10)11,21-27(12,13)14)23-28(15,16)22-1/h(H,15,16)(H2,3,4,5)(H2,6,7,8)(H2,9,10,11)(H2,12,13,14)/q-2. The molecule has 0 aliphatic carbocycles. The zero-order valence-electron chi connectivity index (χ0n) is 12.3. The van der Waals surface area contributed by atoms with Gasteiger partial charge in [-0.3, -0.25) is 0 Å². The van der Waals surface area contributed by atoms with E-state index < -0.39 is 53.0 Å². The molecule has 168 valence electrons. The third-order valence-corrected chi connectivity index (χ3v) is 5.10. The lowest BCUT2D eigenvalue weighted by molar-refractivity contribution is 0.00840. The van der Waals surface area contributed by atoms with Gasteiger partial charge in [-0.05, 0) is 0 Å². The van der Waals surface area contributed by atoms with E-state index in [1.807, 2.05) is 0 Å². The normalized spacial score (nSPS) is 22.8. The second kappa shape index (κ2) is 7.96. The minimum absolute atomic E-state index is 3.57. The van der Waals surface area contributed by atoms with E-state index in [0.29, 0.717) is 0 Å². The molecule has 0 unspecified atom stereocenters. The van der Waals surface area contributed by atoms with Crippen molar-refractivity contribution in [2.24, 2.45) is 0 Å². The lowest BCUT2D eigenvalue weighted by Gasteiger charge is -2.56. The summed E-state index contributed by atoms with van der Waals surface area (Å²) < 4.78 is 81.4. The van der Waals surface area contributed by atoms with Crippen LogP contribution in [0.4, 0.5) is 0 Å². The van der Waals surface area contributed by atoms with E-state index in [1.54, 1.807) is 0 Å². The Hall–Kier alpha value is 0.640. The van der Waals surface area contributed by atoms with Gasteiger partial charge in [0.1, 0.15) is 0 Å². The van der Waals surface area contributed by atoms with Gasteiger partial charge in [-0.15, -0.1) is 0 Å². The van der Waals surface area contributed by atoms with Crippen LogP contribution in [0.2, 0.25) is 0 Å². The second-order valence-corrected chi connectivity index (χ2v) is 10.5. The van der Waals surface area contributed by atoms with Gasteiger partial charge in [0.2, 0.25) is 0 Å². The van der Waals surface area contributed by atoms with E-state index in [2.05, 4.69) is 31.2 Å². The molecule has 21 nitrogen and oxygen atoms in total. The molecule has 0 radical (unpaired) electrons. The molecule has 28 heteroatoms. The van der Waals surface area contributed by atoms with Gasteiger partial charge in [0.05, 0.1) is 0 Å². The lowest BCUT2D eigenvalue weighted by Crippen LogP contribution is -2.63. The van der Waals surface area contributed by atoms with Crippen molar-refractivity contribution >= 4 is 53.0 Å². The van der Waals surface area contributed by atoms with Gasteiger partial charge < -0.3 is 75.3 Å². The Morgan fingerprint density at radius 3 is 1.00 bits per heavy atom. The smallest absolute Gasteiger partial charge is 0.517 e. The van der Waals surface area contributed by atoms with Crippen LogP contribution in [0.25, 0.3) is 0 Å². The largest absolute Gasteiger partial charge is 0.674 e. The zero-order valence-corrected chi connectivity index (χ0v) is 16.8. The van der Waals surface area contributed by atoms with Crippen LogP contribution in [0.1, 0.15) is 0 Å². The first kappa shape index (κ1) is 26.7. The third-order valence-electron chi connectivity index (χ3n) is 1.92. The first-order valence-electron chi connectivity index (χ1n) is 5.69. The van der Waals surface area contributed by atoms with Gasteiger partial charge in [0.25, 0.3) is 0 Å². The molecule has 0 aromatic heterocycles. The lowest BCUT2D eigenvalue weighted by atomic mass is 9.98. The van der Waals surface area contributed by atoms with Gasteiger partial charge in [-0.25, -0.2) is 22.8 Å². The molecule has 9 N–H and O–H groups in total. The molecule has 0 amide bonds. The first-order chi connectivity index (χ1) is 11.9. The van der Waals surface area contributed by atoms with E-state index in [4.69, 9.17) is 39.1 Å². The Morgan fingerprint density at radius 1 is 0.607 bits per heavy atom. The highest BCUT2D eigenvalue weighted by molar-refractivity contribution is 7.55. The molecular formula is H9B2O21P5-2. The first-order valence-corrected chi connectivity index (χ1v) is 13.3. The molecule has 0 atom stereocenters. The van der Waals surface area contributed by atoms with E-state index in [0.717, 1.165) is 0 Å². The predicted octanol–water partition coefficient (Wildman–Crippen LogP) is -2.54. The van der Waals surface area contributed by atoms with Crippen molar-refractivity contribution in [3.8, 4) is 0 Å². The molecule has 0 spiro atoms. The van der Waals surface area contributed by atoms with Crippen LogP contribution in [0.3, 0.4) is 0 Å². The van der Waals surface area contributed by atoms with Gasteiger partial charge in [0, 0.05) is 0 Å². The summed E-state index contributed by atoms with van der Waals surface area (Å²) in [7, 11) is -30.4. The molecule has 1 aliphatic heterocycles. The van der Waals surface area contributed by atoms with Crippen molar-refractivity contribution in [2.45, 2.75) is 0 Å². The Balaban J connectivity index is 3.66. The molecule has 0 aromatic carbocycles. The highest BCUT2D eigenvalue weighted by Gasteiger charge is 2.60. The molecule has 1 fully saturated rings. The molecule has 1 rings (SSSR count). The second-order valence-electron chi connectivity index (χ2n) is 4.35. The fourth-order valence-electron chi connectivity index (χ4n) is 1.49. The van der Waals surface area contributed by atoms with Crippen LogP contribution in [0, 0.1) is 0 Å². The van der Waals surface area contributed by atoms with Crippen LogP contribution in [0.15, 0.2) is 0 Å². The van der Waals surface area contributed by atoms with Crippen molar-refractivity contribution in [1.29, 1.82) is 0 Å². The van der Waals surface area contributed by atoms with Crippen molar-refractivity contribution in [1.82, 2.24) is 0 Å².